The van der Waals surface area contributed by atoms with E-state index < -0.39 is 0 Å². The van der Waals surface area contributed by atoms with Crippen LogP contribution in [0, 0.1) is 0 Å². The minimum atomic E-state index is -0.388. The molecule has 154 valence electrons. The number of rotatable bonds is 9. The molecule has 1 N–H and O–H groups in total. The summed E-state index contributed by atoms with van der Waals surface area (Å²) in [6.07, 6.45) is 3.58. The average Bonchev–Trinajstić information content (AvgIpc) is 3.31. The minimum absolute atomic E-state index is 0.312. The molecular weight excluding hydrogens is 400 g/mol. The molecule has 0 unspecified atom stereocenters. The molecule has 3 rings (SSSR count). The van der Waals surface area contributed by atoms with Crippen LogP contribution in [0.4, 0.5) is 0 Å². The molecule has 1 heterocycles. The van der Waals surface area contributed by atoms with Crippen molar-refractivity contribution >= 4 is 29.4 Å². The molecule has 1 aromatic heterocycles. The van der Waals surface area contributed by atoms with Gasteiger partial charge in [-0.1, -0.05) is 19.4 Å². The van der Waals surface area contributed by atoms with E-state index >= 15 is 0 Å². The number of thiophene rings is 1. The van der Waals surface area contributed by atoms with Gasteiger partial charge in [-0.2, -0.15) is 5.10 Å². The lowest BCUT2D eigenvalue weighted by molar-refractivity contribution is 0.0739. The van der Waals surface area contributed by atoms with Crippen molar-refractivity contribution < 1.29 is 19.1 Å². The average molecular weight is 423 g/mol. The number of nitrogens with one attached hydrogen (secondary N) is 1. The van der Waals surface area contributed by atoms with E-state index in [1.807, 2.05) is 5.38 Å². The lowest BCUT2D eigenvalue weighted by Gasteiger charge is -2.06. The maximum absolute atomic E-state index is 12.2. The Balaban J connectivity index is 1.48. The fraction of sp³-hybridized carbons (Fsp3) is 0.174. The largest absolute Gasteiger partial charge is 0.494 e. The van der Waals surface area contributed by atoms with Crippen LogP contribution in [0.1, 0.15) is 45.4 Å². The van der Waals surface area contributed by atoms with Gasteiger partial charge in [0, 0.05) is 5.56 Å². The van der Waals surface area contributed by atoms with E-state index in [4.69, 9.17) is 9.47 Å². The van der Waals surface area contributed by atoms with Crippen LogP contribution in [0.3, 0.4) is 0 Å². The highest BCUT2D eigenvalue weighted by atomic mass is 32.1. The van der Waals surface area contributed by atoms with E-state index in [9.17, 15) is 9.59 Å². The van der Waals surface area contributed by atoms with Crippen molar-refractivity contribution in [3.05, 3.63) is 82.0 Å². The third kappa shape index (κ3) is 6.28. The summed E-state index contributed by atoms with van der Waals surface area (Å²) in [4.78, 5) is 24.7. The Hall–Kier alpha value is -3.45. The number of ether oxygens (including phenoxy) is 2. The second kappa shape index (κ2) is 10.9. The normalized spacial score (nSPS) is 10.7. The van der Waals surface area contributed by atoms with Crippen molar-refractivity contribution in [1.29, 1.82) is 0 Å². The standard InChI is InChI=1S/C23H22N2O4S/c1-2-3-14-28-19-12-8-18(9-13-19)22(26)25-24-16-17-6-10-20(11-7-17)29-23(27)21-5-4-15-30-21/h4-13,15-16H,2-3,14H2,1H3,(H,25,26)/b24-16-. The molecule has 0 radical (unpaired) electrons. The van der Waals surface area contributed by atoms with E-state index in [1.54, 1.807) is 60.7 Å². The quantitative estimate of drug-likeness (QED) is 0.175. The Morgan fingerprint density at radius 1 is 1.03 bits per heavy atom. The number of carbonyl (C=O) groups excluding carboxylic acids is 2. The molecule has 0 aliphatic carbocycles. The second-order valence-corrected chi connectivity index (χ2v) is 7.31. The maximum Gasteiger partial charge on any atom is 0.353 e. The van der Waals surface area contributed by atoms with Crippen LogP contribution in [0.2, 0.25) is 0 Å². The number of amides is 1. The molecule has 0 aliphatic rings. The number of hydrogen-bond donors (Lipinski definition) is 1. The van der Waals surface area contributed by atoms with Gasteiger partial charge in [0.2, 0.25) is 0 Å². The number of hydrogen-bond acceptors (Lipinski definition) is 6. The van der Waals surface area contributed by atoms with Gasteiger partial charge in [0.05, 0.1) is 12.8 Å². The van der Waals surface area contributed by atoms with Gasteiger partial charge < -0.3 is 9.47 Å². The van der Waals surface area contributed by atoms with E-state index in [1.165, 1.54) is 17.6 Å². The Labute approximate surface area is 179 Å². The molecular formula is C23H22N2O4S. The van der Waals surface area contributed by atoms with Crippen molar-refractivity contribution in [2.45, 2.75) is 19.8 Å². The van der Waals surface area contributed by atoms with Crippen LogP contribution >= 0.6 is 11.3 Å². The number of carbonyl (C=O) groups is 2. The van der Waals surface area contributed by atoms with Crippen molar-refractivity contribution in [1.82, 2.24) is 5.43 Å². The van der Waals surface area contributed by atoms with Gasteiger partial charge in [0.25, 0.3) is 5.91 Å². The fourth-order valence-electron chi connectivity index (χ4n) is 2.44. The Kier molecular flexibility index (Phi) is 7.74. The van der Waals surface area contributed by atoms with E-state index in [0.717, 1.165) is 24.2 Å². The van der Waals surface area contributed by atoms with E-state index in [2.05, 4.69) is 17.5 Å². The molecule has 3 aromatic rings. The number of hydrazone groups is 1. The van der Waals surface area contributed by atoms with Crippen LogP contribution in [-0.4, -0.2) is 24.7 Å². The first-order chi connectivity index (χ1) is 14.7. The number of nitrogens with zero attached hydrogens (tertiary/aromatic N) is 1. The first-order valence-corrected chi connectivity index (χ1v) is 10.5. The van der Waals surface area contributed by atoms with Crippen molar-refractivity contribution in [3.63, 3.8) is 0 Å². The van der Waals surface area contributed by atoms with Gasteiger partial charge in [0.15, 0.2) is 0 Å². The predicted molar refractivity (Wildman–Crippen MR) is 118 cm³/mol. The molecule has 1 amide bonds. The summed E-state index contributed by atoms with van der Waals surface area (Å²) in [5.41, 5.74) is 3.74. The summed E-state index contributed by atoms with van der Waals surface area (Å²) in [5.74, 6) is 0.479. The van der Waals surface area contributed by atoms with Gasteiger partial charge in [0.1, 0.15) is 16.4 Å². The summed E-state index contributed by atoms with van der Waals surface area (Å²) in [6.45, 7) is 2.77. The molecule has 0 spiro atoms. The van der Waals surface area contributed by atoms with Gasteiger partial charge in [-0.3, -0.25) is 4.79 Å². The third-order valence-electron chi connectivity index (χ3n) is 4.08. The zero-order valence-electron chi connectivity index (χ0n) is 16.5. The predicted octanol–water partition coefficient (Wildman–Crippen LogP) is 4.91. The zero-order chi connectivity index (χ0) is 21.2. The monoisotopic (exact) mass is 422 g/mol. The van der Waals surface area contributed by atoms with Crippen LogP contribution < -0.4 is 14.9 Å². The molecule has 7 heteroatoms. The highest BCUT2D eigenvalue weighted by Crippen LogP contribution is 2.16. The SMILES string of the molecule is CCCCOc1ccc(C(=O)N/N=C\c2ccc(OC(=O)c3cccs3)cc2)cc1. The summed E-state index contributed by atoms with van der Waals surface area (Å²) < 4.78 is 10.9. The molecule has 6 nitrogen and oxygen atoms in total. The highest BCUT2D eigenvalue weighted by Gasteiger charge is 2.09. The molecule has 0 aliphatic heterocycles. The summed E-state index contributed by atoms with van der Waals surface area (Å²) in [5, 5.41) is 5.79. The second-order valence-electron chi connectivity index (χ2n) is 6.36. The Morgan fingerprint density at radius 2 is 1.77 bits per heavy atom. The first-order valence-electron chi connectivity index (χ1n) is 9.57. The van der Waals surface area contributed by atoms with Crippen molar-refractivity contribution in [2.75, 3.05) is 6.61 Å². The van der Waals surface area contributed by atoms with Crippen LogP contribution in [0.25, 0.3) is 0 Å². The number of unbranched alkanes of at least 4 members (excludes halogenated alkanes) is 1. The summed E-state index contributed by atoms with van der Waals surface area (Å²) in [6, 6.07) is 17.3. The topological polar surface area (TPSA) is 77.0 Å². The van der Waals surface area contributed by atoms with Crippen LogP contribution in [0.5, 0.6) is 11.5 Å². The Morgan fingerprint density at radius 3 is 2.43 bits per heavy atom. The molecule has 2 aromatic carbocycles. The molecule has 0 saturated heterocycles. The van der Waals surface area contributed by atoms with Crippen molar-refractivity contribution in [3.8, 4) is 11.5 Å². The lowest BCUT2D eigenvalue weighted by Crippen LogP contribution is -2.17. The summed E-state index contributed by atoms with van der Waals surface area (Å²) >= 11 is 1.33. The highest BCUT2D eigenvalue weighted by molar-refractivity contribution is 7.12. The Bertz CT molecular complexity index is 981. The zero-order valence-corrected chi connectivity index (χ0v) is 17.4. The van der Waals surface area contributed by atoms with Gasteiger partial charge >= 0.3 is 5.97 Å². The molecule has 0 fully saturated rings. The smallest absolute Gasteiger partial charge is 0.353 e. The van der Waals surface area contributed by atoms with Gasteiger partial charge in [-0.15, -0.1) is 11.3 Å². The molecule has 0 atom stereocenters. The molecule has 0 saturated carbocycles. The van der Waals surface area contributed by atoms with Crippen molar-refractivity contribution in [2.24, 2.45) is 5.10 Å². The number of esters is 1. The van der Waals surface area contributed by atoms with Crippen LogP contribution in [0.15, 0.2) is 71.1 Å². The number of benzene rings is 2. The maximum atomic E-state index is 12.2. The molecule has 30 heavy (non-hydrogen) atoms. The lowest BCUT2D eigenvalue weighted by atomic mass is 10.2. The van der Waals surface area contributed by atoms with Gasteiger partial charge in [-0.25, -0.2) is 10.2 Å². The van der Waals surface area contributed by atoms with Gasteiger partial charge in [-0.05, 0) is 72.0 Å². The van der Waals surface area contributed by atoms with E-state index in [0.29, 0.717) is 22.8 Å². The third-order valence-corrected chi connectivity index (χ3v) is 4.93. The summed E-state index contributed by atoms with van der Waals surface area (Å²) in [7, 11) is 0. The minimum Gasteiger partial charge on any atom is -0.494 e. The molecule has 0 bridgehead atoms. The van der Waals surface area contributed by atoms with Crippen LogP contribution in [-0.2, 0) is 0 Å². The first kappa shape index (κ1) is 21.3. The van der Waals surface area contributed by atoms with E-state index in [-0.39, 0.29) is 11.9 Å². The fourth-order valence-corrected chi connectivity index (χ4v) is 3.04.